The minimum absolute atomic E-state index is 0.0303. The molecule has 2 amide bonds. The van der Waals surface area contributed by atoms with Gasteiger partial charge in [-0.15, -0.1) is 0 Å². The summed E-state index contributed by atoms with van der Waals surface area (Å²) in [6, 6.07) is 15.7. The smallest absolute Gasteiger partial charge is 0.224 e. The second-order valence-electron chi connectivity index (χ2n) is 6.03. The Balaban J connectivity index is 1.92. The Kier molecular flexibility index (Phi) is 6.13. The van der Waals surface area contributed by atoms with Crippen LogP contribution in [-0.4, -0.2) is 24.9 Å². The van der Waals surface area contributed by atoms with Gasteiger partial charge in [0.25, 0.3) is 0 Å². The fraction of sp³-hybridized carbons (Fsp3) is 0.300. The first-order valence-electron chi connectivity index (χ1n) is 8.13. The Labute approximate surface area is 143 Å². The van der Waals surface area contributed by atoms with E-state index < -0.39 is 0 Å². The van der Waals surface area contributed by atoms with Gasteiger partial charge in [0.15, 0.2) is 0 Å². The third-order valence-corrected chi connectivity index (χ3v) is 3.76. The van der Waals surface area contributed by atoms with Crippen molar-refractivity contribution in [2.24, 2.45) is 0 Å². The molecule has 2 rings (SSSR count). The second-order valence-corrected chi connectivity index (χ2v) is 6.03. The van der Waals surface area contributed by atoms with Crippen molar-refractivity contribution in [2.75, 3.05) is 18.0 Å². The molecule has 126 valence electrons. The Morgan fingerprint density at radius 1 is 1.00 bits per heavy atom. The highest BCUT2D eigenvalue weighted by Gasteiger charge is 2.12. The quantitative estimate of drug-likeness (QED) is 0.888. The molecule has 0 saturated heterocycles. The van der Waals surface area contributed by atoms with E-state index in [0.717, 1.165) is 22.4 Å². The summed E-state index contributed by atoms with van der Waals surface area (Å²) in [6.07, 6.45) is 0.352. The average molecular weight is 324 g/mol. The van der Waals surface area contributed by atoms with Gasteiger partial charge >= 0.3 is 0 Å². The lowest BCUT2D eigenvalue weighted by atomic mass is 10.1. The lowest BCUT2D eigenvalue weighted by Gasteiger charge is -2.22. The van der Waals surface area contributed by atoms with Gasteiger partial charge in [0.1, 0.15) is 0 Å². The first-order chi connectivity index (χ1) is 11.5. The summed E-state index contributed by atoms with van der Waals surface area (Å²) in [5.41, 5.74) is 4.08. The van der Waals surface area contributed by atoms with Crippen LogP contribution in [0.2, 0.25) is 0 Å². The summed E-state index contributed by atoms with van der Waals surface area (Å²) in [7, 11) is 0. The van der Waals surface area contributed by atoms with Crippen LogP contribution in [0.15, 0.2) is 48.5 Å². The number of benzene rings is 2. The molecule has 0 fully saturated rings. The highest BCUT2D eigenvalue weighted by Crippen LogP contribution is 2.18. The van der Waals surface area contributed by atoms with Crippen molar-refractivity contribution in [2.45, 2.75) is 27.2 Å². The molecule has 0 atom stereocenters. The lowest BCUT2D eigenvalue weighted by Crippen LogP contribution is -2.38. The summed E-state index contributed by atoms with van der Waals surface area (Å²) >= 11 is 0. The third-order valence-electron chi connectivity index (χ3n) is 3.76. The number of nitrogens with one attached hydrogen (secondary N) is 1. The summed E-state index contributed by atoms with van der Waals surface area (Å²) in [5, 5.41) is 2.88. The van der Waals surface area contributed by atoms with E-state index in [1.807, 2.05) is 56.3 Å². The fourth-order valence-electron chi connectivity index (χ4n) is 2.73. The number of rotatable bonds is 6. The molecule has 0 aromatic heterocycles. The molecule has 4 heteroatoms. The van der Waals surface area contributed by atoms with Crippen molar-refractivity contribution in [3.8, 4) is 0 Å². The summed E-state index contributed by atoms with van der Waals surface area (Å²) < 4.78 is 0. The van der Waals surface area contributed by atoms with E-state index in [0.29, 0.717) is 19.5 Å². The van der Waals surface area contributed by atoms with Gasteiger partial charge in [-0.05, 0) is 42.7 Å². The van der Waals surface area contributed by atoms with Gasteiger partial charge in [0.05, 0.1) is 6.42 Å². The van der Waals surface area contributed by atoms with E-state index in [4.69, 9.17) is 0 Å². The summed E-state index contributed by atoms with van der Waals surface area (Å²) in [5.74, 6) is -0.0672. The van der Waals surface area contributed by atoms with Gasteiger partial charge in [0.2, 0.25) is 11.8 Å². The molecular formula is C20H24N2O2. The summed E-state index contributed by atoms with van der Waals surface area (Å²) in [6.45, 7) is 6.45. The number of aryl methyl sites for hydroxylation is 2. The van der Waals surface area contributed by atoms with Gasteiger partial charge in [0, 0.05) is 25.7 Å². The van der Waals surface area contributed by atoms with Crippen molar-refractivity contribution in [1.82, 2.24) is 5.32 Å². The van der Waals surface area contributed by atoms with E-state index in [2.05, 4.69) is 11.4 Å². The molecule has 2 aromatic rings. The number of carbonyl (C=O) groups is 2. The number of carbonyl (C=O) groups excluding carboxylic acids is 2. The van der Waals surface area contributed by atoms with E-state index >= 15 is 0 Å². The zero-order valence-corrected chi connectivity index (χ0v) is 14.5. The van der Waals surface area contributed by atoms with Crippen LogP contribution in [0.3, 0.4) is 0 Å². The Morgan fingerprint density at radius 2 is 1.62 bits per heavy atom. The maximum atomic E-state index is 12.0. The van der Waals surface area contributed by atoms with Crippen LogP contribution in [0.25, 0.3) is 0 Å². The van der Waals surface area contributed by atoms with Gasteiger partial charge < -0.3 is 10.2 Å². The second kappa shape index (κ2) is 8.29. The number of anilines is 1. The molecule has 0 aliphatic heterocycles. The maximum absolute atomic E-state index is 12.0. The standard InChI is InChI=1S/C20H24N2O2/c1-15-11-16(2)13-19(12-15)22(17(3)23)10-9-21-20(24)14-18-7-5-4-6-8-18/h4-8,11-13H,9-10,14H2,1-3H3,(H,21,24). The maximum Gasteiger partial charge on any atom is 0.224 e. The normalized spacial score (nSPS) is 10.3. The van der Waals surface area contributed by atoms with Crippen LogP contribution >= 0.6 is 0 Å². The first kappa shape index (κ1) is 17.7. The molecular weight excluding hydrogens is 300 g/mol. The zero-order chi connectivity index (χ0) is 17.5. The summed E-state index contributed by atoms with van der Waals surface area (Å²) in [4.78, 5) is 25.6. The van der Waals surface area contributed by atoms with Crippen molar-refractivity contribution >= 4 is 17.5 Å². The van der Waals surface area contributed by atoms with Gasteiger partial charge in [-0.2, -0.15) is 0 Å². The highest BCUT2D eigenvalue weighted by atomic mass is 16.2. The largest absolute Gasteiger partial charge is 0.354 e. The van der Waals surface area contributed by atoms with Gasteiger partial charge in [-0.25, -0.2) is 0 Å². The number of hydrogen-bond acceptors (Lipinski definition) is 2. The van der Waals surface area contributed by atoms with Crippen LogP contribution in [0.4, 0.5) is 5.69 Å². The SMILES string of the molecule is CC(=O)N(CCNC(=O)Cc1ccccc1)c1cc(C)cc(C)c1. The van der Waals surface area contributed by atoms with E-state index in [1.165, 1.54) is 0 Å². The number of hydrogen-bond donors (Lipinski definition) is 1. The van der Waals surface area contributed by atoms with Gasteiger partial charge in [-0.3, -0.25) is 9.59 Å². The van der Waals surface area contributed by atoms with Crippen LogP contribution in [0.5, 0.6) is 0 Å². The van der Waals surface area contributed by atoms with E-state index in [1.54, 1.807) is 11.8 Å². The molecule has 0 unspecified atom stereocenters. The molecule has 2 aromatic carbocycles. The molecule has 0 bridgehead atoms. The first-order valence-corrected chi connectivity index (χ1v) is 8.13. The van der Waals surface area contributed by atoms with Crippen molar-refractivity contribution in [1.29, 1.82) is 0 Å². The zero-order valence-electron chi connectivity index (χ0n) is 14.5. The molecule has 0 spiro atoms. The molecule has 0 radical (unpaired) electrons. The minimum Gasteiger partial charge on any atom is -0.354 e. The van der Waals surface area contributed by atoms with Crippen molar-refractivity contribution < 1.29 is 9.59 Å². The Hall–Kier alpha value is -2.62. The molecule has 24 heavy (non-hydrogen) atoms. The van der Waals surface area contributed by atoms with Crippen LogP contribution in [0, 0.1) is 13.8 Å². The Bertz CT molecular complexity index is 691. The number of amides is 2. The topological polar surface area (TPSA) is 49.4 Å². The molecule has 1 N–H and O–H groups in total. The van der Waals surface area contributed by atoms with Crippen molar-refractivity contribution in [3.63, 3.8) is 0 Å². The molecule has 4 nitrogen and oxygen atoms in total. The van der Waals surface area contributed by atoms with Crippen LogP contribution < -0.4 is 10.2 Å². The highest BCUT2D eigenvalue weighted by molar-refractivity contribution is 5.91. The third kappa shape index (κ3) is 5.23. The minimum atomic E-state index is -0.0369. The van der Waals surface area contributed by atoms with E-state index in [9.17, 15) is 9.59 Å². The van der Waals surface area contributed by atoms with Crippen LogP contribution in [-0.2, 0) is 16.0 Å². The predicted molar refractivity (Wildman–Crippen MR) is 97.1 cm³/mol. The predicted octanol–water partition coefficient (Wildman–Crippen LogP) is 3.02. The lowest BCUT2D eigenvalue weighted by molar-refractivity contribution is -0.121. The fourth-order valence-corrected chi connectivity index (χ4v) is 2.73. The molecule has 0 saturated carbocycles. The van der Waals surface area contributed by atoms with Gasteiger partial charge in [-0.1, -0.05) is 36.4 Å². The molecule has 0 aliphatic rings. The molecule has 0 heterocycles. The van der Waals surface area contributed by atoms with Crippen LogP contribution in [0.1, 0.15) is 23.6 Å². The number of nitrogens with zero attached hydrogens (tertiary/aromatic N) is 1. The van der Waals surface area contributed by atoms with Crippen molar-refractivity contribution in [3.05, 3.63) is 65.2 Å². The molecule has 0 aliphatic carbocycles. The average Bonchev–Trinajstić information content (AvgIpc) is 2.51. The Morgan fingerprint density at radius 3 is 2.21 bits per heavy atom. The monoisotopic (exact) mass is 324 g/mol. The van der Waals surface area contributed by atoms with E-state index in [-0.39, 0.29) is 11.8 Å².